The molecule has 2 aromatic rings. The molecule has 0 radical (unpaired) electrons. The van der Waals surface area contributed by atoms with E-state index in [4.69, 9.17) is 21.9 Å². The molecule has 1 heterocycles. The molecule has 20 heavy (non-hydrogen) atoms. The van der Waals surface area contributed by atoms with Gasteiger partial charge in [-0.1, -0.05) is 38.3 Å². The lowest BCUT2D eigenvalue weighted by atomic mass is 9.89. The number of hydrogen-bond acceptors (Lipinski definition) is 3. The SMILES string of the molecule is CCCC(CCC)C(NN)c1cc2cc(Cl)ccc2o1. The van der Waals surface area contributed by atoms with Crippen LogP contribution in [-0.2, 0) is 0 Å². The summed E-state index contributed by atoms with van der Waals surface area (Å²) in [5, 5.41) is 1.75. The second-order valence-electron chi connectivity index (χ2n) is 5.31. The number of nitrogens with one attached hydrogen (secondary N) is 1. The molecule has 0 saturated heterocycles. The van der Waals surface area contributed by atoms with E-state index in [-0.39, 0.29) is 6.04 Å². The van der Waals surface area contributed by atoms with Gasteiger partial charge in [0.15, 0.2) is 0 Å². The first-order valence-corrected chi connectivity index (χ1v) is 7.72. The van der Waals surface area contributed by atoms with Crippen LogP contribution < -0.4 is 11.3 Å². The van der Waals surface area contributed by atoms with Gasteiger partial charge in [-0.05, 0) is 43.0 Å². The molecule has 110 valence electrons. The van der Waals surface area contributed by atoms with E-state index in [1.807, 2.05) is 24.3 Å². The Balaban J connectivity index is 2.31. The lowest BCUT2D eigenvalue weighted by molar-refractivity contribution is 0.284. The number of nitrogens with two attached hydrogens (primary N) is 1. The van der Waals surface area contributed by atoms with E-state index in [0.717, 1.165) is 47.4 Å². The highest BCUT2D eigenvalue weighted by Crippen LogP contribution is 2.33. The van der Waals surface area contributed by atoms with Crippen molar-refractivity contribution in [2.24, 2.45) is 11.8 Å². The number of rotatable bonds is 7. The van der Waals surface area contributed by atoms with Gasteiger partial charge in [0.25, 0.3) is 0 Å². The minimum absolute atomic E-state index is 0.0566. The van der Waals surface area contributed by atoms with E-state index in [2.05, 4.69) is 19.3 Å². The van der Waals surface area contributed by atoms with E-state index in [0.29, 0.717) is 5.92 Å². The van der Waals surface area contributed by atoms with Crippen molar-refractivity contribution in [2.45, 2.75) is 45.6 Å². The van der Waals surface area contributed by atoms with Crippen LogP contribution in [0.15, 0.2) is 28.7 Å². The van der Waals surface area contributed by atoms with E-state index in [1.165, 1.54) is 0 Å². The zero-order valence-corrected chi connectivity index (χ0v) is 12.9. The second kappa shape index (κ2) is 7.11. The minimum atomic E-state index is 0.0566. The number of hydrogen-bond donors (Lipinski definition) is 2. The standard InChI is InChI=1S/C16H23ClN2O/c1-3-5-11(6-4-2)16(19-18)15-10-12-9-13(17)7-8-14(12)20-15/h7-11,16,19H,3-6,18H2,1-2H3. The van der Waals surface area contributed by atoms with Crippen molar-refractivity contribution >= 4 is 22.6 Å². The zero-order chi connectivity index (χ0) is 14.5. The molecule has 1 aromatic carbocycles. The molecule has 4 heteroatoms. The third-order valence-corrected chi connectivity index (χ3v) is 4.01. The monoisotopic (exact) mass is 294 g/mol. The van der Waals surface area contributed by atoms with Crippen molar-refractivity contribution in [3.8, 4) is 0 Å². The van der Waals surface area contributed by atoms with Crippen molar-refractivity contribution in [3.05, 3.63) is 35.0 Å². The first-order chi connectivity index (χ1) is 9.69. The van der Waals surface area contributed by atoms with Crippen LogP contribution >= 0.6 is 11.6 Å². The van der Waals surface area contributed by atoms with Crippen LogP contribution in [0.2, 0.25) is 5.02 Å². The molecule has 0 aliphatic heterocycles. The topological polar surface area (TPSA) is 51.2 Å². The lowest BCUT2D eigenvalue weighted by Crippen LogP contribution is -2.33. The summed E-state index contributed by atoms with van der Waals surface area (Å²) in [7, 11) is 0. The Morgan fingerprint density at radius 1 is 1.20 bits per heavy atom. The van der Waals surface area contributed by atoms with Gasteiger partial charge in [0, 0.05) is 10.4 Å². The molecule has 0 amide bonds. The summed E-state index contributed by atoms with van der Waals surface area (Å²) in [5.74, 6) is 7.17. The highest BCUT2D eigenvalue weighted by Gasteiger charge is 2.24. The minimum Gasteiger partial charge on any atom is -0.459 e. The number of hydrazine groups is 1. The third-order valence-electron chi connectivity index (χ3n) is 3.77. The Bertz CT molecular complexity index is 546. The largest absolute Gasteiger partial charge is 0.459 e. The van der Waals surface area contributed by atoms with Crippen molar-refractivity contribution in [1.29, 1.82) is 0 Å². The average Bonchev–Trinajstić information content (AvgIpc) is 2.82. The summed E-state index contributed by atoms with van der Waals surface area (Å²) in [5.41, 5.74) is 3.79. The Morgan fingerprint density at radius 3 is 2.50 bits per heavy atom. The van der Waals surface area contributed by atoms with Crippen LogP contribution in [0.1, 0.15) is 51.3 Å². The molecule has 3 nitrogen and oxygen atoms in total. The zero-order valence-electron chi connectivity index (χ0n) is 12.2. The van der Waals surface area contributed by atoms with Gasteiger partial charge >= 0.3 is 0 Å². The van der Waals surface area contributed by atoms with Gasteiger partial charge in [0.2, 0.25) is 0 Å². The maximum Gasteiger partial charge on any atom is 0.134 e. The van der Waals surface area contributed by atoms with E-state index >= 15 is 0 Å². The quantitative estimate of drug-likeness (QED) is 0.569. The molecule has 1 unspecified atom stereocenters. The molecule has 0 fully saturated rings. The van der Waals surface area contributed by atoms with E-state index in [1.54, 1.807) is 0 Å². The van der Waals surface area contributed by atoms with Gasteiger partial charge < -0.3 is 4.42 Å². The van der Waals surface area contributed by atoms with Crippen molar-refractivity contribution < 1.29 is 4.42 Å². The normalized spacial score (nSPS) is 13.2. The number of benzene rings is 1. The third kappa shape index (κ3) is 3.35. The predicted molar refractivity (Wildman–Crippen MR) is 84.6 cm³/mol. The summed E-state index contributed by atoms with van der Waals surface area (Å²) < 4.78 is 5.95. The molecule has 2 rings (SSSR count). The molecule has 1 atom stereocenters. The Kier molecular flexibility index (Phi) is 5.46. The van der Waals surface area contributed by atoms with Gasteiger partial charge in [0.1, 0.15) is 11.3 Å². The molecule has 0 spiro atoms. The summed E-state index contributed by atoms with van der Waals surface area (Å²) in [6.45, 7) is 4.41. The fourth-order valence-electron chi connectivity index (χ4n) is 2.86. The predicted octanol–water partition coefficient (Wildman–Crippen LogP) is 4.81. The molecular formula is C16H23ClN2O. The van der Waals surface area contributed by atoms with Crippen LogP contribution in [0.4, 0.5) is 0 Å². The maximum absolute atomic E-state index is 6.02. The summed E-state index contributed by atoms with van der Waals surface area (Å²) in [4.78, 5) is 0. The molecule has 3 N–H and O–H groups in total. The highest BCUT2D eigenvalue weighted by atomic mass is 35.5. The van der Waals surface area contributed by atoms with Gasteiger partial charge in [-0.15, -0.1) is 0 Å². The Labute approximate surface area is 125 Å². The first-order valence-electron chi connectivity index (χ1n) is 7.34. The molecule has 0 aliphatic rings. The number of halogens is 1. The van der Waals surface area contributed by atoms with Gasteiger partial charge in [-0.3, -0.25) is 5.84 Å². The van der Waals surface area contributed by atoms with Gasteiger partial charge in [-0.2, -0.15) is 0 Å². The summed E-state index contributed by atoms with van der Waals surface area (Å²) >= 11 is 6.02. The molecule has 0 saturated carbocycles. The first kappa shape index (κ1) is 15.4. The van der Waals surface area contributed by atoms with Crippen LogP contribution in [0.5, 0.6) is 0 Å². The summed E-state index contributed by atoms with van der Waals surface area (Å²) in [6, 6.07) is 7.78. The van der Waals surface area contributed by atoms with Gasteiger partial charge in [0.05, 0.1) is 6.04 Å². The molecule has 0 aliphatic carbocycles. The Morgan fingerprint density at radius 2 is 1.90 bits per heavy atom. The van der Waals surface area contributed by atoms with E-state index in [9.17, 15) is 0 Å². The molecule has 1 aromatic heterocycles. The number of fused-ring (bicyclic) bond motifs is 1. The molecular weight excluding hydrogens is 272 g/mol. The lowest BCUT2D eigenvalue weighted by Gasteiger charge is -2.24. The fourth-order valence-corrected chi connectivity index (χ4v) is 3.04. The Hall–Kier alpha value is -1.03. The van der Waals surface area contributed by atoms with Crippen LogP contribution in [0.3, 0.4) is 0 Å². The average molecular weight is 295 g/mol. The maximum atomic E-state index is 6.02. The van der Waals surface area contributed by atoms with Crippen molar-refractivity contribution in [2.75, 3.05) is 0 Å². The van der Waals surface area contributed by atoms with Crippen LogP contribution in [-0.4, -0.2) is 0 Å². The van der Waals surface area contributed by atoms with Crippen LogP contribution in [0.25, 0.3) is 11.0 Å². The van der Waals surface area contributed by atoms with Crippen LogP contribution in [0, 0.1) is 5.92 Å². The number of furan rings is 1. The fraction of sp³-hybridized carbons (Fsp3) is 0.500. The van der Waals surface area contributed by atoms with Crippen molar-refractivity contribution in [3.63, 3.8) is 0 Å². The van der Waals surface area contributed by atoms with Gasteiger partial charge in [-0.25, -0.2) is 5.43 Å². The smallest absolute Gasteiger partial charge is 0.134 e. The second-order valence-corrected chi connectivity index (χ2v) is 5.75. The highest BCUT2D eigenvalue weighted by molar-refractivity contribution is 6.31. The summed E-state index contributed by atoms with van der Waals surface area (Å²) in [6.07, 6.45) is 4.57. The van der Waals surface area contributed by atoms with E-state index < -0.39 is 0 Å². The van der Waals surface area contributed by atoms with Crippen molar-refractivity contribution in [1.82, 2.24) is 5.43 Å². The molecule has 0 bridgehead atoms.